The van der Waals surface area contributed by atoms with Crippen molar-refractivity contribution < 1.29 is 18.0 Å². The zero-order valence-corrected chi connectivity index (χ0v) is 6.93. The molecule has 12 heavy (non-hydrogen) atoms. The Balaban J connectivity index is 2.93. The fourth-order valence-electron chi connectivity index (χ4n) is 0.501. The van der Waals surface area contributed by atoms with Crippen LogP contribution in [0.5, 0.6) is 0 Å². The van der Waals surface area contributed by atoms with Gasteiger partial charge in [-0.2, -0.15) is 13.2 Å². The molecule has 0 unspecified atom stereocenters. The molecule has 1 heterocycles. The smallest absolute Gasteiger partial charge is 0.282 e. The molecule has 2 nitrogen and oxygen atoms in total. The molecule has 1 rings (SSSR count). The topological polar surface area (TPSA) is 30.0 Å². The van der Waals surface area contributed by atoms with Crippen molar-refractivity contribution in [2.24, 2.45) is 0 Å². The molecule has 0 aliphatic carbocycles. The minimum atomic E-state index is -4.88. The molecule has 0 fully saturated rings. The summed E-state index contributed by atoms with van der Waals surface area (Å²) in [5.74, 6) is -1.97. The molecule has 0 saturated carbocycles. The highest BCUT2D eigenvalue weighted by Gasteiger charge is 2.40. The van der Waals surface area contributed by atoms with Gasteiger partial charge in [-0.15, -0.1) is 11.3 Å². The van der Waals surface area contributed by atoms with E-state index in [1.54, 1.807) is 0 Å². The Kier molecular flexibility index (Phi) is 2.39. The molecule has 0 aromatic carbocycles. The summed E-state index contributed by atoms with van der Waals surface area (Å²) in [7, 11) is 0. The number of hydrogen-bond acceptors (Lipinski definition) is 3. The van der Waals surface area contributed by atoms with Gasteiger partial charge in [0.05, 0.1) is 0 Å². The molecule has 0 bridgehead atoms. The molecule has 1 aromatic heterocycles. The van der Waals surface area contributed by atoms with E-state index in [9.17, 15) is 18.0 Å². The first-order valence-corrected chi connectivity index (χ1v) is 3.89. The summed E-state index contributed by atoms with van der Waals surface area (Å²) in [5, 5.41) is 0.970. The van der Waals surface area contributed by atoms with Gasteiger partial charge in [0.2, 0.25) is 0 Å². The van der Waals surface area contributed by atoms with Crippen molar-refractivity contribution in [3.63, 3.8) is 0 Å². The maximum absolute atomic E-state index is 11.7. The van der Waals surface area contributed by atoms with Crippen LogP contribution in [0.4, 0.5) is 13.2 Å². The van der Waals surface area contributed by atoms with Gasteiger partial charge in [0.25, 0.3) is 5.78 Å². The summed E-state index contributed by atoms with van der Waals surface area (Å²) >= 11 is 6.02. The molecule has 0 radical (unpaired) electrons. The number of thiazole rings is 1. The second kappa shape index (κ2) is 3.02. The van der Waals surface area contributed by atoms with Gasteiger partial charge in [0.1, 0.15) is 5.69 Å². The van der Waals surface area contributed by atoms with E-state index in [0.717, 1.165) is 16.7 Å². The van der Waals surface area contributed by atoms with E-state index in [0.29, 0.717) is 0 Å². The minimum absolute atomic E-state index is 0.0809. The predicted octanol–water partition coefficient (Wildman–Crippen LogP) is 2.54. The first-order chi connectivity index (χ1) is 5.41. The number of carbonyl (C=O) groups excluding carboxylic acids is 1. The third-order valence-electron chi connectivity index (χ3n) is 0.966. The van der Waals surface area contributed by atoms with Crippen molar-refractivity contribution in [1.29, 1.82) is 0 Å². The van der Waals surface area contributed by atoms with Gasteiger partial charge < -0.3 is 0 Å². The largest absolute Gasteiger partial charge is 0.456 e. The quantitative estimate of drug-likeness (QED) is 0.674. The highest BCUT2D eigenvalue weighted by Crippen LogP contribution is 2.23. The lowest BCUT2D eigenvalue weighted by atomic mass is 10.3. The summed E-state index contributed by atoms with van der Waals surface area (Å²) in [6, 6.07) is 0. The summed E-state index contributed by atoms with van der Waals surface area (Å²) in [6.07, 6.45) is -4.88. The number of rotatable bonds is 1. The van der Waals surface area contributed by atoms with Gasteiger partial charge in [0.15, 0.2) is 4.47 Å². The van der Waals surface area contributed by atoms with Crippen molar-refractivity contribution in [3.05, 3.63) is 15.5 Å². The van der Waals surface area contributed by atoms with Gasteiger partial charge in [-0.25, -0.2) is 4.98 Å². The first kappa shape index (κ1) is 9.47. The Morgan fingerprint density at radius 2 is 2.17 bits per heavy atom. The Labute approximate surface area is 74.0 Å². The van der Waals surface area contributed by atoms with Crippen LogP contribution in [0.25, 0.3) is 0 Å². The number of alkyl halides is 3. The maximum Gasteiger partial charge on any atom is 0.456 e. The highest BCUT2D eigenvalue weighted by atomic mass is 35.5. The Bertz CT molecular complexity index is 308. The molecule has 0 amide bonds. The van der Waals surface area contributed by atoms with Crippen LogP contribution in [0.1, 0.15) is 10.5 Å². The van der Waals surface area contributed by atoms with Crippen LogP contribution >= 0.6 is 22.9 Å². The monoisotopic (exact) mass is 215 g/mol. The van der Waals surface area contributed by atoms with E-state index >= 15 is 0 Å². The first-order valence-electron chi connectivity index (χ1n) is 2.64. The lowest BCUT2D eigenvalue weighted by molar-refractivity contribution is -0.0887. The highest BCUT2D eigenvalue weighted by molar-refractivity contribution is 7.14. The van der Waals surface area contributed by atoms with Crippen LogP contribution in [-0.2, 0) is 0 Å². The number of hydrogen-bond donors (Lipinski definition) is 0. The van der Waals surface area contributed by atoms with Crippen molar-refractivity contribution in [2.75, 3.05) is 0 Å². The van der Waals surface area contributed by atoms with Gasteiger partial charge >= 0.3 is 6.18 Å². The van der Waals surface area contributed by atoms with Gasteiger partial charge in [-0.05, 0) is 0 Å². The number of Topliss-reactive ketones (excluding diaryl/α,β-unsaturated/α-hetero) is 1. The zero-order valence-electron chi connectivity index (χ0n) is 5.35. The Hall–Kier alpha value is -0.620. The fraction of sp³-hybridized carbons (Fsp3) is 0.200. The van der Waals surface area contributed by atoms with Gasteiger partial charge in [-0.3, -0.25) is 4.79 Å². The van der Waals surface area contributed by atoms with Crippen LogP contribution in [0, 0.1) is 0 Å². The molecule has 0 saturated heterocycles. The lowest BCUT2D eigenvalue weighted by Crippen LogP contribution is -2.22. The van der Waals surface area contributed by atoms with Crippen molar-refractivity contribution >= 4 is 28.7 Å². The summed E-state index contributed by atoms with van der Waals surface area (Å²) in [5.41, 5.74) is -0.655. The molecule has 7 heteroatoms. The van der Waals surface area contributed by atoms with Gasteiger partial charge in [-0.1, -0.05) is 11.6 Å². The van der Waals surface area contributed by atoms with E-state index in [4.69, 9.17) is 11.6 Å². The number of aromatic nitrogens is 1. The molecular weight excluding hydrogens is 215 g/mol. The second-order valence-electron chi connectivity index (χ2n) is 1.81. The standard InChI is InChI=1S/C5HClF3NOS/c6-4-10-2(1-12-4)3(11)5(7,8)9/h1H. The van der Waals surface area contributed by atoms with E-state index < -0.39 is 17.7 Å². The Morgan fingerprint density at radius 3 is 2.50 bits per heavy atom. The second-order valence-corrected chi connectivity index (χ2v) is 3.25. The van der Waals surface area contributed by atoms with Crippen molar-refractivity contribution in [1.82, 2.24) is 4.98 Å². The summed E-state index contributed by atoms with van der Waals surface area (Å²) < 4.78 is 35.1. The maximum atomic E-state index is 11.7. The SMILES string of the molecule is O=C(c1csc(Cl)n1)C(F)(F)F. The fourth-order valence-corrected chi connectivity index (χ4v) is 1.25. The Morgan fingerprint density at radius 1 is 1.58 bits per heavy atom. The summed E-state index contributed by atoms with van der Waals surface area (Å²) in [4.78, 5) is 13.6. The van der Waals surface area contributed by atoms with Crippen LogP contribution in [0.2, 0.25) is 4.47 Å². The normalized spacial score (nSPS) is 11.7. The molecule has 0 N–H and O–H groups in total. The molecule has 0 aliphatic heterocycles. The van der Waals surface area contributed by atoms with E-state index in [2.05, 4.69) is 4.98 Å². The number of halogens is 4. The summed E-state index contributed by atoms with van der Waals surface area (Å²) in [6.45, 7) is 0. The lowest BCUT2D eigenvalue weighted by Gasteiger charge is -2.00. The van der Waals surface area contributed by atoms with E-state index in [1.807, 2.05) is 0 Å². The molecule has 0 aliphatic rings. The van der Waals surface area contributed by atoms with Crippen molar-refractivity contribution in [2.45, 2.75) is 6.18 Å². The molecule has 66 valence electrons. The molecular formula is C5HClF3NOS. The average Bonchev–Trinajstić information content (AvgIpc) is 2.32. The van der Waals surface area contributed by atoms with E-state index in [-0.39, 0.29) is 4.47 Å². The van der Waals surface area contributed by atoms with Crippen LogP contribution < -0.4 is 0 Å². The van der Waals surface area contributed by atoms with Gasteiger partial charge in [0, 0.05) is 5.38 Å². The number of ketones is 1. The minimum Gasteiger partial charge on any atom is -0.282 e. The van der Waals surface area contributed by atoms with Crippen LogP contribution in [0.15, 0.2) is 5.38 Å². The number of nitrogens with zero attached hydrogens (tertiary/aromatic N) is 1. The molecule has 0 spiro atoms. The zero-order chi connectivity index (χ0) is 9.35. The molecule has 0 atom stereocenters. The van der Waals surface area contributed by atoms with Crippen molar-refractivity contribution in [3.8, 4) is 0 Å². The molecule has 1 aromatic rings. The third kappa shape index (κ3) is 1.95. The van der Waals surface area contributed by atoms with Crippen LogP contribution in [0.3, 0.4) is 0 Å². The third-order valence-corrected chi connectivity index (χ3v) is 1.94. The van der Waals surface area contributed by atoms with Crippen LogP contribution in [-0.4, -0.2) is 16.9 Å². The van der Waals surface area contributed by atoms with E-state index in [1.165, 1.54) is 0 Å². The predicted molar refractivity (Wildman–Crippen MR) is 37.5 cm³/mol. The average molecular weight is 216 g/mol. The number of carbonyl (C=O) groups is 1.